The molecule has 0 amide bonds. The first kappa shape index (κ1) is 41.8. The molecule has 0 aliphatic carbocycles. The molecule has 4 heteroatoms. The summed E-state index contributed by atoms with van der Waals surface area (Å²) in [5.74, 6) is 0.584. The summed E-state index contributed by atoms with van der Waals surface area (Å²) in [7, 11) is 0. The Bertz CT molecular complexity index is 1690. The van der Waals surface area contributed by atoms with Crippen LogP contribution in [0.5, 0.6) is 0 Å². The van der Waals surface area contributed by atoms with E-state index in [0.29, 0.717) is 5.92 Å². The van der Waals surface area contributed by atoms with E-state index in [1.54, 1.807) is 0 Å². The first-order chi connectivity index (χ1) is 19.2. The molecule has 0 fully saturated rings. The Morgan fingerprint density at radius 2 is 1.16 bits per heavy atom. The quantitative estimate of drug-likeness (QED) is 0.126. The number of hydrogen-bond acceptors (Lipinski definition) is 0. The summed E-state index contributed by atoms with van der Waals surface area (Å²) >= 11 is 1.36. The van der Waals surface area contributed by atoms with E-state index in [1.165, 1.54) is 83.8 Å². The van der Waals surface area contributed by atoms with Crippen LogP contribution < -0.4 is 0 Å². The molecule has 0 heterocycles. The number of benzene rings is 4. The Labute approximate surface area is 296 Å². The minimum atomic E-state index is 0. The van der Waals surface area contributed by atoms with Crippen molar-refractivity contribution in [1.82, 2.24) is 0 Å². The van der Waals surface area contributed by atoms with E-state index in [1.807, 2.05) is 0 Å². The minimum absolute atomic E-state index is 0. The van der Waals surface area contributed by atoms with Gasteiger partial charge in [0.05, 0.1) is 0 Å². The van der Waals surface area contributed by atoms with Crippen molar-refractivity contribution in [3.8, 4) is 22.3 Å². The molecule has 0 aliphatic heterocycles. The van der Waals surface area contributed by atoms with E-state index >= 15 is 0 Å². The molecule has 0 atom stereocenters. The van der Waals surface area contributed by atoms with Crippen LogP contribution in [0.2, 0.25) is 0 Å². The molecule has 6 aromatic carbocycles. The summed E-state index contributed by atoms with van der Waals surface area (Å²) in [5.41, 5.74) is 9.63. The van der Waals surface area contributed by atoms with Crippen LogP contribution in [-0.4, -0.2) is 6.88 Å². The third-order valence-electron chi connectivity index (χ3n) is 7.45. The van der Waals surface area contributed by atoms with Gasteiger partial charge in [-0.1, -0.05) is 125 Å². The predicted molar refractivity (Wildman–Crippen MR) is 201 cm³/mol. The molecule has 6 rings (SSSR count). The van der Waals surface area contributed by atoms with Crippen molar-refractivity contribution < 1.29 is 23.3 Å². The van der Waals surface area contributed by atoms with Crippen LogP contribution in [0.4, 0.5) is 0 Å². The van der Waals surface area contributed by atoms with Gasteiger partial charge in [-0.25, -0.2) is 0 Å². The Kier molecular flexibility index (Phi) is 17.7. The fourth-order valence-corrected chi connectivity index (χ4v) is 5.43. The van der Waals surface area contributed by atoms with Gasteiger partial charge in [-0.3, -0.25) is 0 Å². The van der Waals surface area contributed by atoms with Crippen molar-refractivity contribution in [2.75, 3.05) is 0 Å². The number of aryl methyl sites for hydroxylation is 1. The summed E-state index contributed by atoms with van der Waals surface area (Å²) in [5, 5.41) is 5.49. The summed E-state index contributed by atoms with van der Waals surface area (Å²) in [6.45, 7) is 16.6. The van der Waals surface area contributed by atoms with E-state index < -0.39 is 0 Å². The van der Waals surface area contributed by atoms with Crippen LogP contribution in [0.3, 0.4) is 0 Å². The molecular formula is C40H46Cl2SiZr-4. The normalized spacial score (nSPS) is 10.1. The van der Waals surface area contributed by atoms with Gasteiger partial charge in [0.15, 0.2) is 0 Å². The number of rotatable bonds is 3. The SMILES string of the molecule is CC(C)c1cc2c(-c3ccccc3)cccc2[cH-]1.Cc1cc2c(-c3ccccc3)ccc(C(C)(C)C)c2[cH-]1.Cl.Cl.[CH3-].[CH3-].[Si]=[Zr]. The maximum atomic E-state index is 3.06. The Balaban J connectivity index is 0.000000735. The molecule has 232 valence electrons. The summed E-state index contributed by atoms with van der Waals surface area (Å²) in [4.78, 5) is 0. The van der Waals surface area contributed by atoms with Crippen molar-refractivity contribution in [1.29, 1.82) is 0 Å². The molecule has 0 unspecified atom stereocenters. The molecule has 44 heavy (non-hydrogen) atoms. The molecule has 0 bridgehead atoms. The maximum absolute atomic E-state index is 3.06. The summed E-state index contributed by atoms with van der Waals surface area (Å²) in [6, 6.07) is 41.7. The monoisotopic (exact) mass is 714 g/mol. The Morgan fingerprint density at radius 3 is 1.66 bits per heavy atom. The second-order valence-electron chi connectivity index (χ2n) is 11.8. The van der Waals surface area contributed by atoms with Crippen molar-refractivity contribution in [3.63, 3.8) is 0 Å². The molecule has 0 N–H and O–H groups in total. The molecule has 6 aromatic rings. The molecule has 0 aromatic heterocycles. The first-order valence-electron chi connectivity index (χ1n) is 14.0. The van der Waals surface area contributed by atoms with Crippen LogP contribution in [-0.2, 0) is 28.8 Å². The number of hydrogen-bond donors (Lipinski definition) is 0. The topological polar surface area (TPSA) is 0 Å². The van der Waals surface area contributed by atoms with Crippen molar-refractivity contribution in [2.24, 2.45) is 0 Å². The zero-order valence-corrected chi connectivity index (χ0v) is 32.5. The third-order valence-corrected chi connectivity index (χ3v) is 7.45. The van der Waals surface area contributed by atoms with Gasteiger partial charge in [0.1, 0.15) is 0 Å². The second-order valence-corrected chi connectivity index (χ2v) is 11.8. The average molecular weight is 717 g/mol. The number of fused-ring (bicyclic) bond motifs is 2. The van der Waals surface area contributed by atoms with Gasteiger partial charge in [0.2, 0.25) is 0 Å². The van der Waals surface area contributed by atoms with Crippen LogP contribution in [0, 0.1) is 21.8 Å². The number of halogens is 2. The molecule has 0 saturated heterocycles. The van der Waals surface area contributed by atoms with Crippen LogP contribution in [0.25, 0.3) is 43.8 Å². The van der Waals surface area contributed by atoms with Gasteiger partial charge < -0.3 is 14.9 Å². The zero-order chi connectivity index (χ0) is 28.9. The first-order valence-corrected chi connectivity index (χ1v) is 18.2. The average Bonchev–Trinajstić information content (AvgIpc) is 3.58. The van der Waals surface area contributed by atoms with Crippen LogP contribution in [0.15, 0.2) is 115 Å². The van der Waals surface area contributed by atoms with Gasteiger partial charge >= 0.3 is 30.2 Å². The van der Waals surface area contributed by atoms with E-state index in [-0.39, 0.29) is 45.1 Å². The van der Waals surface area contributed by atoms with Gasteiger partial charge in [0, 0.05) is 0 Å². The summed E-state index contributed by atoms with van der Waals surface area (Å²) < 4.78 is 0. The predicted octanol–water partition coefficient (Wildman–Crippen LogP) is 12.5. The molecular weight excluding hydrogens is 671 g/mol. The van der Waals surface area contributed by atoms with E-state index in [4.69, 9.17) is 0 Å². The van der Waals surface area contributed by atoms with Gasteiger partial charge in [0.25, 0.3) is 0 Å². The van der Waals surface area contributed by atoms with Crippen LogP contribution in [0.1, 0.15) is 57.2 Å². The van der Waals surface area contributed by atoms with Gasteiger partial charge in [-0.05, 0) is 22.5 Å². The van der Waals surface area contributed by atoms with Crippen molar-refractivity contribution in [2.45, 2.75) is 52.9 Å². The summed E-state index contributed by atoms with van der Waals surface area (Å²) in [6.07, 6.45) is 0. The zero-order valence-electron chi connectivity index (χ0n) is 27.4. The Morgan fingerprint density at radius 1 is 0.636 bits per heavy atom. The molecule has 0 aliphatic rings. The molecule has 2 radical (unpaired) electrons. The fourth-order valence-electron chi connectivity index (χ4n) is 5.43. The van der Waals surface area contributed by atoms with Crippen LogP contribution >= 0.6 is 24.8 Å². The Hall–Kier alpha value is -2.22. The fraction of sp³-hybridized carbons (Fsp3) is 0.200. The molecule has 0 saturated carbocycles. The molecule has 0 nitrogen and oxygen atoms in total. The van der Waals surface area contributed by atoms with Gasteiger partial charge in [-0.2, -0.15) is 12.1 Å². The molecule has 0 spiro atoms. The standard InChI is InChI=1S/C20H21.C18H17.2CH3.2ClH.Si.Zr/c1-14-12-17-16(15-8-6-5-7-9-15)10-11-19(18(17)13-14)20(2,3)4;1-13(2)16-11-15-9-6-10-17(18(15)12-16)14-7-4-3-5-8-14;;;;;;/h5-13H,1-4H3;3-13H,1-2H3;2*1H3;2*1H;;/q4*-1;;;;. The van der Waals surface area contributed by atoms with Crippen molar-refractivity contribution >= 4 is 53.2 Å². The van der Waals surface area contributed by atoms with E-state index in [0.717, 1.165) is 0 Å². The van der Waals surface area contributed by atoms with E-state index in [9.17, 15) is 0 Å². The second kappa shape index (κ2) is 18.7. The van der Waals surface area contributed by atoms with E-state index in [2.05, 4.69) is 164 Å². The third kappa shape index (κ3) is 9.64. The van der Waals surface area contributed by atoms with Crippen molar-refractivity contribution in [3.05, 3.63) is 147 Å². The van der Waals surface area contributed by atoms with Gasteiger partial charge in [-0.15, -0.1) is 93.4 Å².